The molecule has 0 saturated carbocycles. The fourth-order valence-corrected chi connectivity index (χ4v) is 3.75. The lowest BCUT2D eigenvalue weighted by molar-refractivity contribution is -0.128. The van der Waals surface area contributed by atoms with Crippen LogP contribution in [0.25, 0.3) is 6.08 Å². The minimum Gasteiger partial charge on any atom is -0.481 e. The summed E-state index contributed by atoms with van der Waals surface area (Å²) in [6.45, 7) is -1.38. The van der Waals surface area contributed by atoms with Gasteiger partial charge in [-0.15, -0.1) is 0 Å². The molecule has 0 radical (unpaired) electrons. The van der Waals surface area contributed by atoms with Gasteiger partial charge in [0.25, 0.3) is 17.1 Å². The largest absolute Gasteiger partial charge is 0.481 e. The molecule has 1 aliphatic rings. The number of benzene rings is 2. The van der Waals surface area contributed by atoms with E-state index in [0.29, 0.717) is 16.9 Å². The fraction of sp³-hybridized carbons (Fsp3) is 0.217. The Bertz CT molecular complexity index is 1130. The van der Waals surface area contributed by atoms with Crippen molar-refractivity contribution in [2.24, 2.45) is 0 Å². The molecule has 1 atom stereocenters. The number of halogens is 2. The van der Waals surface area contributed by atoms with Crippen molar-refractivity contribution in [2.45, 2.75) is 19.6 Å². The first-order valence-electron chi connectivity index (χ1n) is 10.0. The number of hydrogen-bond donors (Lipinski definition) is 1. The number of carbonyl (C=O) groups is 3. The number of nitrogens with one attached hydrogen (secondary N) is 1. The van der Waals surface area contributed by atoms with Gasteiger partial charge in [0.1, 0.15) is 11.5 Å². The number of alkyl halides is 2. The molecule has 34 heavy (non-hydrogen) atoms. The van der Waals surface area contributed by atoms with E-state index >= 15 is 0 Å². The summed E-state index contributed by atoms with van der Waals surface area (Å²) < 4.78 is 34.3. The number of imide groups is 1. The van der Waals surface area contributed by atoms with Crippen LogP contribution in [0.4, 0.5) is 13.6 Å². The van der Waals surface area contributed by atoms with Crippen molar-refractivity contribution >= 4 is 34.9 Å². The van der Waals surface area contributed by atoms with Gasteiger partial charge >= 0.3 is 6.61 Å². The molecule has 0 aliphatic carbocycles. The van der Waals surface area contributed by atoms with Crippen molar-refractivity contribution in [3.05, 3.63) is 64.6 Å². The van der Waals surface area contributed by atoms with Gasteiger partial charge in [0.2, 0.25) is 0 Å². The zero-order valence-corrected chi connectivity index (χ0v) is 18.7. The highest BCUT2D eigenvalue weighted by Gasteiger charge is 2.34. The third-order valence-electron chi connectivity index (χ3n) is 4.58. The van der Waals surface area contributed by atoms with Crippen LogP contribution in [-0.4, -0.2) is 47.8 Å². The third kappa shape index (κ3) is 6.55. The highest BCUT2D eigenvalue weighted by Crippen LogP contribution is 2.32. The Morgan fingerprint density at radius 1 is 1.12 bits per heavy atom. The molecule has 1 saturated heterocycles. The van der Waals surface area contributed by atoms with Crippen molar-refractivity contribution in [2.75, 3.05) is 13.1 Å². The maximum atomic E-state index is 12.6. The Morgan fingerprint density at radius 3 is 2.35 bits per heavy atom. The Morgan fingerprint density at radius 2 is 1.74 bits per heavy atom. The van der Waals surface area contributed by atoms with Crippen LogP contribution in [0.1, 0.15) is 18.1 Å². The summed E-state index contributed by atoms with van der Waals surface area (Å²) >= 11 is 0.748. The molecule has 0 bridgehead atoms. The number of carbonyl (C=O) groups excluding carboxylic acids is 3. The molecule has 3 amide bonds. The van der Waals surface area contributed by atoms with Gasteiger partial charge in [-0.05, 0) is 66.7 Å². The number of amides is 3. The first-order valence-corrected chi connectivity index (χ1v) is 10.8. The molecule has 1 fully saturated rings. The average molecular weight is 487 g/mol. The van der Waals surface area contributed by atoms with Crippen LogP contribution in [0.5, 0.6) is 11.5 Å². The predicted molar refractivity (Wildman–Crippen MR) is 120 cm³/mol. The van der Waals surface area contributed by atoms with Gasteiger partial charge in [-0.2, -0.15) is 14.0 Å². The summed E-state index contributed by atoms with van der Waals surface area (Å²) in [5.74, 6) is -0.545. The van der Waals surface area contributed by atoms with E-state index in [4.69, 9.17) is 10.00 Å². The lowest BCUT2D eigenvalue weighted by atomic mass is 10.2. The Labute approximate surface area is 198 Å². The molecule has 11 heteroatoms. The van der Waals surface area contributed by atoms with E-state index in [2.05, 4.69) is 10.1 Å². The van der Waals surface area contributed by atoms with Crippen molar-refractivity contribution in [1.82, 2.24) is 10.2 Å². The van der Waals surface area contributed by atoms with Crippen LogP contribution in [0.15, 0.2) is 53.4 Å². The predicted octanol–water partition coefficient (Wildman–Crippen LogP) is 3.78. The molecule has 0 aromatic heterocycles. The van der Waals surface area contributed by atoms with Crippen molar-refractivity contribution in [1.29, 1.82) is 5.26 Å². The van der Waals surface area contributed by atoms with Crippen LogP contribution in [0, 0.1) is 11.3 Å². The lowest BCUT2D eigenvalue weighted by Crippen LogP contribution is -2.41. The van der Waals surface area contributed by atoms with Gasteiger partial charge in [0.15, 0.2) is 6.10 Å². The Hall–Kier alpha value is -3.91. The van der Waals surface area contributed by atoms with Gasteiger partial charge in [-0.25, -0.2) is 0 Å². The molecule has 1 aliphatic heterocycles. The van der Waals surface area contributed by atoms with Crippen LogP contribution < -0.4 is 14.8 Å². The fourth-order valence-electron chi connectivity index (χ4n) is 2.89. The van der Waals surface area contributed by atoms with Gasteiger partial charge in [0.05, 0.1) is 16.5 Å². The quantitative estimate of drug-likeness (QED) is 0.536. The second-order valence-electron chi connectivity index (χ2n) is 6.97. The lowest BCUT2D eigenvalue weighted by Gasteiger charge is -2.16. The molecule has 2 aromatic carbocycles. The maximum Gasteiger partial charge on any atom is 0.387 e. The van der Waals surface area contributed by atoms with E-state index in [1.807, 2.05) is 6.07 Å². The van der Waals surface area contributed by atoms with E-state index in [0.717, 1.165) is 16.7 Å². The Kier molecular flexibility index (Phi) is 8.21. The number of rotatable bonds is 9. The zero-order chi connectivity index (χ0) is 24.7. The molecule has 2 aromatic rings. The minimum atomic E-state index is -2.94. The highest BCUT2D eigenvalue weighted by atomic mass is 32.2. The monoisotopic (exact) mass is 487 g/mol. The first-order chi connectivity index (χ1) is 16.3. The third-order valence-corrected chi connectivity index (χ3v) is 5.48. The molecule has 0 spiro atoms. The number of thioether (sulfide) groups is 1. The number of hydrogen-bond acceptors (Lipinski definition) is 7. The summed E-state index contributed by atoms with van der Waals surface area (Å²) in [7, 11) is 0. The van der Waals surface area contributed by atoms with Gasteiger partial charge in [-0.1, -0.05) is 12.1 Å². The van der Waals surface area contributed by atoms with Crippen LogP contribution in [0.3, 0.4) is 0 Å². The molecule has 1 N–H and O–H groups in total. The number of ether oxygens (including phenoxy) is 2. The van der Waals surface area contributed by atoms with E-state index in [1.54, 1.807) is 31.2 Å². The second-order valence-corrected chi connectivity index (χ2v) is 7.96. The van der Waals surface area contributed by atoms with Crippen LogP contribution in [0.2, 0.25) is 0 Å². The maximum absolute atomic E-state index is 12.6. The molecular formula is C23H19F2N3O5S. The SMILES string of the molecule is CC(Oc1ccc(C#N)cc1)C(=O)NCCN1C(=O)S/C(=C/c2ccc(OC(F)F)cc2)C1=O. The van der Waals surface area contributed by atoms with E-state index in [9.17, 15) is 23.2 Å². The summed E-state index contributed by atoms with van der Waals surface area (Å²) in [6.07, 6.45) is 0.642. The molecule has 8 nitrogen and oxygen atoms in total. The summed E-state index contributed by atoms with van der Waals surface area (Å²) in [4.78, 5) is 38.2. The molecule has 3 rings (SSSR count). The van der Waals surface area contributed by atoms with Crippen molar-refractivity contribution < 1.29 is 32.6 Å². The van der Waals surface area contributed by atoms with Crippen LogP contribution >= 0.6 is 11.8 Å². The van der Waals surface area contributed by atoms with E-state index in [-0.39, 0.29) is 23.7 Å². The van der Waals surface area contributed by atoms with Crippen molar-refractivity contribution in [3.63, 3.8) is 0 Å². The molecule has 1 heterocycles. The summed E-state index contributed by atoms with van der Waals surface area (Å²) in [5.41, 5.74) is 1.00. The van der Waals surface area contributed by atoms with Gasteiger partial charge in [-0.3, -0.25) is 19.3 Å². The van der Waals surface area contributed by atoms with E-state index < -0.39 is 29.8 Å². The standard InChI is InChI=1S/C23H19F2N3O5S/c1-14(32-17-8-4-16(13-26)5-9-17)20(29)27-10-11-28-21(30)19(34-23(28)31)12-15-2-6-18(7-3-15)33-22(24)25/h2-9,12,14,22H,10-11H2,1H3,(H,27,29)/b19-12+. The van der Waals surface area contributed by atoms with Gasteiger partial charge in [0, 0.05) is 13.1 Å². The van der Waals surface area contributed by atoms with E-state index in [1.165, 1.54) is 30.3 Å². The number of nitriles is 1. The molecule has 176 valence electrons. The minimum absolute atomic E-state index is 0.0200. The summed E-state index contributed by atoms with van der Waals surface area (Å²) in [6, 6.07) is 13.9. The van der Waals surface area contributed by atoms with Crippen molar-refractivity contribution in [3.8, 4) is 17.6 Å². The second kappa shape index (κ2) is 11.3. The van der Waals surface area contributed by atoms with Gasteiger partial charge < -0.3 is 14.8 Å². The first kappa shape index (κ1) is 24.7. The highest BCUT2D eigenvalue weighted by molar-refractivity contribution is 8.18. The smallest absolute Gasteiger partial charge is 0.387 e. The molecule has 1 unspecified atom stereocenters. The Balaban J connectivity index is 1.50. The summed E-state index contributed by atoms with van der Waals surface area (Å²) in [5, 5.41) is 10.9. The number of nitrogens with zero attached hydrogens (tertiary/aromatic N) is 2. The topological polar surface area (TPSA) is 109 Å². The van der Waals surface area contributed by atoms with Crippen LogP contribution in [-0.2, 0) is 9.59 Å². The normalized spacial score (nSPS) is 15.4. The zero-order valence-electron chi connectivity index (χ0n) is 17.9. The molecular weight excluding hydrogens is 468 g/mol. The average Bonchev–Trinajstić information content (AvgIpc) is 3.07.